The van der Waals surface area contributed by atoms with Crippen molar-refractivity contribution in [3.63, 3.8) is 0 Å². The number of benzene rings is 2. The minimum atomic E-state index is -0.822. The number of rotatable bonds is 2. The molecule has 0 fully saturated rings. The molecule has 2 aromatic carbocycles. The lowest BCUT2D eigenvalue weighted by Gasteiger charge is -2.05. The molecule has 0 aliphatic heterocycles. The predicted molar refractivity (Wildman–Crippen MR) is 62.8 cm³/mol. The number of halogens is 3. The largest absolute Gasteiger partial charge is 0.423 e. The summed E-state index contributed by atoms with van der Waals surface area (Å²) in [5.41, 5.74) is 0.129. The van der Waals surface area contributed by atoms with Gasteiger partial charge in [-0.15, -0.1) is 0 Å². The molecule has 18 heavy (non-hydrogen) atoms. The van der Waals surface area contributed by atoms with E-state index in [0.717, 1.165) is 12.1 Å². The number of carbonyl (C=O) groups excluding carboxylic acids is 1. The molecule has 0 radical (unpaired) electrons. The lowest BCUT2D eigenvalue weighted by Crippen LogP contribution is -2.09. The summed E-state index contributed by atoms with van der Waals surface area (Å²) in [5.74, 6) is -2.63. The summed E-state index contributed by atoms with van der Waals surface area (Å²) in [7, 11) is 0. The molecule has 0 N–H and O–H groups in total. The van der Waals surface area contributed by atoms with Gasteiger partial charge in [0.2, 0.25) is 0 Å². The van der Waals surface area contributed by atoms with Crippen LogP contribution in [-0.2, 0) is 0 Å². The van der Waals surface area contributed by atoms with E-state index in [4.69, 9.17) is 16.3 Å². The summed E-state index contributed by atoms with van der Waals surface area (Å²) < 4.78 is 30.6. The molecular weight excluding hydrogens is 262 g/mol. The maximum absolute atomic E-state index is 12.9. The zero-order chi connectivity index (χ0) is 13.1. The Balaban J connectivity index is 2.24. The van der Waals surface area contributed by atoms with Crippen molar-refractivity contribution in [1.29, 1.82) is 0 Å². The quantitative estimate of drug-likeness (QED) is 0.611. The number of carbonyl (C=O) groups is 1. The molecule has 0 spiro atoms. The summed E-state index contributed by atoms with van der Waals surface area (Å²) in [5, 5.41) is 0.208. The average Bonchev–Trinajstić information content (AvgIpc) is 2.27. The Morgan fingerprint density at radius 1 is 1.06 bits per heavy atom. The van der Waals surface area contributed by atoms with Crippen molar-refractivity contribution in [2.75, 3.05) is 0 Å². The smallest absolute Gasteiger partial charge is 0.345 e. The molecule has 0 unspecified atom stereocenters. The molecule has 5 heteroatoms. The maximum atomic E-state index is 12.9. The van der Waals surface area contributed by atoms with E-state index in [-0.39, 0.29) is 16.3 Å². The maximum Gasteiger partial charge on any atom is 0.345 e. The van der Waals surface area contributed by atoms with E-state index in [1.165, 1.54) is 12.1 Å². The first-order valence-electron chi connectivity index (χ1n) is 4.99. The average molecular weight is 269 g/mol. The summed E-state index contributed by atoms with van der Waals surface area (Å²) in [6.45, 7) is 0. The number of esters is 1. The molecule has 92 valence electrons. The molecule has 0 atom stereocenters. The van der Waals surface area contributed by atoms with E-state index in [1.54, 1.807) is 12.1 Å². The zero-order valence-electron chi connectivity index (χ0n) is 8.99. The molecule has 0 aliphatic carbocycles. The Bertz CT molecular complexity index is 579. The van der Waals surface area contributed by atoms with Crippen molar-refractivity contribution in [1.82, 2.24) is 0 Å². The van der Waals surface area contributed by atoms with Gasteiger partial charge in [0.25, 0.3) is 0 Å². The van der Waals surface area contributed by atoms with Crippen molar-refractivity contribution in [3.8, 4) is 5.75 Å². The van der Waals surface area contributed by atoms with Crippen molar-refractivity contribution in [3.05, 3.63) is 64.7 Å². The van der Waals surface area contributed by atoms with Gasteiger partial charge in [0.1, 0.15) is 17.4 Å². The van der Waals surface area contributed by atoms with Gasteiger partial charge in [0, 0.05) is 18.2 Å². The molecule has 2 aromatic rings. The lowest BCUT2D eigenvalue weighted by atomic mass is 10.2. The van der Waals surface area contributed by atoms with Crippen LogP contribution in [0.15, 0.2) is 42.5 Å². The highest BCUT2D eigenvalue weighted by molar-refractivity contribution is 6.33. The Hall–Kier alpha value is -1.94. The van der Waals surface area contributed by atoms with E-state index in [9.17, 15) is 13.6 Å². The molecular formula is C13H7ClF2O2. The van der Waals surface area contributed by atoms with Crippen LogP contribution in [0.2, 0.25) is 5.02 Å². The fourth-order valence-electron chi connectivity index (χ4n) is 1.38. The van der Waals surface area contributed by atoms with Crippen LogP contribution in [0.3, 0.4) is 0 Å². The monoisotopic (exact) mass is 268 g/mol. The van der Waals surface area contributed by atoms with Crippen molar-refractivity contribution in [2.24, 2.45) is 0 Å². The van der Waals surface area contributed by atoms with Gasteiger partial charge < -0.3 is 4.74 Å². The number of hydrogen-bond donors (Lipinski definition) is 0. The minimum absolute atomic E-state index is 0.129. The SMILES string of the molecule is O=C(Oc1cc(F)cc(F)c1)c1ccccc1Cl. The Kier molecular flexibility index (Phi) is 3.58. The first-order chi connectivity index (χ1) is 8.56. The highest BCUT2D eigenvalue weighted by Gasteiger charge is 2.13. The van der Waals surface area contributed by atoms with Crippen LogP contribution in [0, 0.1) is 11.6 Å². The number of ether oxygens (including phenoxy) is 1. The third-order valence-corrected chi connectivity index (χ3v) is 2.47. The summed E-state index contributed by atoms with van der Waals surface area (Å²) in [6, 6.07) is 8.75. The Morgan fingerprint density at radius 2 is 1.67 bits per heavy atom. The zero-order valence-corrected chi connectivity index (χ0v) is 9.75. The topological polar surface area (TPSA) is 26.3 Å². The first-order valence-corrected chi connectivity index (χ1v) is 5.37. The minimum Gasteiger partial charge on any atom is -0.423 e. The van der Waals surface area contributed by atoms with Gasteiger partial charge in [0.15, 0.2) is 0 Å². The molecule has 0 bridgehead atoms. The van der Waals surface area contributed by atoms with Crippen LogP contribution < -0.4 is 4.74 Å². The van der Waals surface area contributed by atoms with E-state index in [0.29, 0.717) is 6.07 Å². The molecule has 0 amide bonds. The fourth-order valence-corrected chi connectivity index (χ4v) is 1.59. The summed E-state index contributed by atoms with van der Waals surface area (Å²) >= 11 is 5.80. The van der Waals surface area contributed by atoms with Crippen LogP contribution in [0.25, 0.3) is 0 Å². The van der Waals surface area contributed by atoms with Gasteiger partial charge in [-0.05, 0) is 12.1 Å². The number of hydrogen-bond acceptors (Lipinski definition) is 2. The first kappa shape index (κ1) is 12.5. The molecule has 2 nitrogen and oxygen atoms in total. The van der Waals surface area contributed by atoms with Gasteiger partial charge >= 0.3 is 5.97 Å². The van der Waals surface area contributed by atoms with Crippen LogP contribution in [0.1, 0.15) is 10.4 Å². The second-order valence-electron chi connectivity index (χ2n) is 3.47. The molecule has 2 rings (SSSR count). The highest BCUT2D eigenvalue weighted by atomic mass is 35.5. The van der Waals surface area contributed by atoms with Gasteiger partial charge in [-0.2, -0.15) is 0 Å². The predicted octanol–water partition coefficient (Wildman–Crippen LogP) is 3.84. The van der Waals surface area contributed by atoms with Crippen LogP contribution in [0.4, 0.5) is 8.78 Å². The van der Waals surface area contributed by atoms with E-state index in [1.807, 2.05) is 0 Å². The normalized spacial score (nSPS) is 10.2. The summed E-state index contributed by atoms with van der Waals surface area (Å²) in [6.07, 6.45) is 0. The Labute approximate surface area is 107 Å². The van der Waals surface area contributed by atoms with Crippen LogP contribution in [-0.4, -0.2) is 5.97 Å². The Morgan fingerprint density at radius 3 is 2.28 bits per heavy atom. The third-order valence-electron chi connectivity index (χ3n) is 2.14. The molecule has 0 heterocycles. The van der Waals surface area contributed by atoms with Gasteiger partial charge in [-0.1, -0.05) is 23.7 Å². The summed E-state index contributed by atoms with van der Waals surface area (Å²) in [4.78, 5) is 11.7. The molecule has 0 saturated carbocycles. The van der Waals surface area contributed by atoms with E-state index in [2.05, 4.69) is 0 Å². The molecule has 0 saturated heterocycles. The van der Waals surface area contributed by atoms with Gasteiger partial charge in [0.05, 0.1) is 10.6 Å². The molecule has 0 aromatic heterocycles. The van der Waals surface area contributed by atoms with Crippen molar-refractivity contribution >= 4 is 17.6 Å². The second-order valence-corrected chi connectivity index (χ2v) is 3.88. The lowest BCUT2D eigenvalue weighted by molar-refractivity contribution is 0.0734. The standard InChI is InChI=1S/C13H7ClF2O2/c14-12-4-2-1-3-11(12)13(17)18-10-6-8(15)5-9(16)7-10/h1-7H. The van der Waals surface area contributed by atoms with Crippen molar-refractivity contribution in [2.45, 2.75) is 0 Å². The van der Waals surface area contributed by atoms with Crippen LogP contribution in [0.5, 0.6) is 5.75 Å². The van der Waals surface area contributed by atoms with Crippen molar-refractivity contribution < 1.29 is 18.3 Å². The third kappa shape index (κ3) is 2.84. The highest BCUT2D eigenvalue weighted by Crippen LogP contribution is 2.20. The molecule has 0 aliphatic rings. The second kappa shape index (κ2) is 5.14. The van der Waals surface area contributed by atoms with Crippen LogP contribution >= 0.6 is 11.6 Å². The van der Waals surface area contributed by atoms with E-state index >= 15 is 0 Å². The fraction of sp³-hybridized carbons (Fsp3) is 0. The van der Waals surface area contributed by atoms with E-state index < -0.39 is 17.6 Å². The van der Waals surface area contributed by atoms with Gasteiger partial charge in [-0.3, -0.25) is 0 Å². The van der Waals surface area contributed by atoms with Gasteiger partial charge in [-0.25, -0.2) is 13.6 Å².